The molecule has 11 heteroatoms. The predicted octanol–water partition coefficient (Wildman–Crippen LogP) is 1.46. The van der Waals surface area contributed by atoms with Crippen LogP contribution in [0.3, 0.4) is 0 Å². The number of benzene rings is 2. The van der Waals surface area contributed by atoms with Crippen LogP contribution < -0.4 is 10.5 Å². The molecule has 3 N–H and O–H groups in total. The highest BCUT2D eigenvalue weighted by molar-refractivity contribution is 7.89. The van der Waals surface area contributed by atoms with Gasteiger partial charge in [-0.1, -0.05) is 35.9 Å². The zero-order chi connectivity index (χ0) is 20.9. The summed E-state index contributed by atoms with van der Waals surface area (Å²) < 4.78 is 24.2. The number of sulfonamides is 1. The van der Waals surface area contributed by atoms with Gasteiger partial charge in [-0.05, 0) is 45.8 Å². The molecule has 0 saturated heterocycles. The largest absolute Gasteiger partial charge is 0.352 e. The molecule has 0 aliphatic heterocycles. The summed E-state index contributed by atoms with van der Waals surface area (Å²) in [7, 11) is -3.74. The number of amides is 1. The molecule has 0 unspecified atom stereocenters. The van der Waals surface area contributed by atoms with E-state index in [4.69, 9.17) is 16.7 Å². The van der Waals surface area contributed by atoms with E-state index in [0.717, 1.165) is 11.1 Å². The van der Waals surface area contributed by atoms with E-state index < -0.39 is 10.0 Å². The van der Waals surface area contributed by atoms with Crippen molar-refractivity contribution < 1.29 is 13.2 Å². The maximum absolute atomic E-state index is 12.5. The van der Waals surface area contributed by atoms with Crippen LogP contribution in [0.1, 0.15) is 23.5 Å². The van der Waals surface area contributed by atoms with Crippen molar-refractivity contribution in [1.82, 2.24) is 25.5 Å². The lowest BCUT2D eigenvalue weighted by Gasteiger charge is -2.17. The van der Waals surface area contributed by atoms with Crippen LogP contribution in [-0.2, 0) is 27.9 Å². The molecule has 2 aromatic carbocycles. The standard InChI is InChI=1S/C18H19ClN6O3S/c19-16-5-3-14(4-6-16)15(11-25-12-22-23-24-25)9-18(26)21-10-13-1-7-17(8-2-13)29(20,27)28/h1-8,12,15H,9-11H2,(H,21,26)(H2,20,27,28)/t15-/m1/s1. The van der Waals surface area contributed by atoms with Gasteiger partial charge in [0.15, 0.2) is 0 Å². The zero-order valence-electron chi connectivity index (χ0n) is 15.3. The number of carbonyl (C=O) groups is 1. The number of aromatic nitrogens is 4. The molecular formula is C18H19ClN6O3S. The highest BCUT2D eigenvalue weighted by Gasteiger charge is 2.18. The molecule has 1 amide bonds. The Morgan fingerprint density at radius 1 is 1.14 bits per heavy atom. The molecule has 152 valence electrons. The lowest BCUT2D eigenvalue weighted by Crippen LogP contribution is -2.26. The molecule has 1 atom stereocenters. The number of hydrogen-bond donors (Lipinski definition) is 2. The van der Waals surface area contributed by atoms with E-state index in [2.05, 4.69) is 20.8 Å². The number of primary sulfonamides is 1. The number of tetrazole rings is 1. The van der Waals surface area contributed by atoms with E-state index >= 15 is 0 Å². The summed E-state index contributed by atoms with van der Waals surface area (Å²) >= 11 is 5.96. The fourth-order valence-corrected chi connectivity index (χ4v) is 3.45. The van der Waals surface area contributed by atoms with Crippen LogP contribution in [0, 0.1) is 0 Å². The molecule has 9 nitrogen and oxygen atoms in total. The Labute approximate surface area is 172 Å². The summed E-state index contributed by atoms with van der Waals surface area (Å²) in [5.74, 6) is -0.311. The molecule has 0 saturated carbocycles. The van der Waals surface area contributed by atoms with E-state index in [1.165, 1.54) is 18.5 Å². The van der Waals surface area contributed by atoms with Gasteiger partial charge in [-0.3, -0.25) is 4.79 Å². The van der Waals surface area contributed by atoms with Crippen LogP contribution >= 0.6 is 11.6 Å². The monoisotopic (exact) mass is 434 g/mol. The van der Waals surface area contributed by atoms with Crippen LogP contribution in [0.4, 0.5) is 0 Å². The number of nitrogens with two attached hydrogens (primary N) is 1. The molecule has 0 fully saturated rings. The summed E-state index contributed by atoms with van der Waals surface area (Å²) in [5.41, 5.74) is 1.70. The number of halogens is 1. The van der Waals surface area contributed by atoms with Crippen molar-refractivity contribution in [3.8, 4) is 0 Å². The third kappa shape index (κ3) is 6.08. The quantitative estimate of drug-likeness (QED) is 0.551. The predicted molar refractivity (Wildman–Crippen MR) is 106 cm³/mol. The van der Waals surface area contributed by atoms with Crippen LogP contribution in [0.2, 0.25) is 5.02 Å². The Kier molecular flexibility index (Phi) is 6.57. The van der Waals surface area contributed by atoms with Crippen molar-refractivity contribution >= 4 is 27.5 Å². The van der Waals surface area contributed by atoms with E-state index in [9.17, 15) is 13.2 Å². The first kappa shape index (κ1) is 20.9. The lowest BCUT2D eigenvalue weighted by molar-refractivity contribution is -0.121. The van der Waals surface area contributed by atoms with Crippen molar-refractivity contribution in [3.05, 3.63) is 71.0 Å². The molecular weight excluding hydrogens is 416 g/mol. The fourth-order valence-electron chi connectivity index (χ4n) is 2.81. The first-order valence-electron chi connectivity index (χ1n) is 8.66. The van der Waals surface area contributed by atoms with Gasteiger partial charge < -0.3 is 5.32 Å². The Balaban J connectivity index is 1.64. The van der Waals surface area contributed by atoms with E-state index in [1.54, 1.807) is 28.9 Å². The maximum atomic E-state index is 12.5. The van der Waals surface area contributed by atoms with Crippen molar-refractivity contribution in [1.29, 1.82) is 0 Å². The second-order valence-electron chi connectivity index (χ2n) is 6.45. The number of nitrogens with zero attached hydrogens (tertiary/aromatic N) is 4. The average Bonchev–Trinajstić information content (AvgIpc) is 3.19. The number of carbonyl (C=O) groups excluding carboxylic acids is 1. The maximum Gasteiger partial charge on any atom is 0.238 e. The number of rotatable bonds is 8. The minimum atomic E-state index is -3.74. The van der Waals surface area contributed by atoms with E-state index in [-0.39, 0.29) is 29.7 Å². The Hall–Kier alpha value is -2.82. The normalized spacial score (nSPS) is 12.5. The number of nitrogens with one attached hydrogen (secondary N) is 1. The summed E-state index contributed by atoms with van der Waals surface area (Å²) in [6.45, 7) is 0.701. The molecule has 29 heavy (non-hydrogen) atoms. The molecule has 0 aliphatic carbocycles. The number of hydrogen-bond acceptors (Lipinski definition) is 6. The highest BCUT2D eigenvalue weighted by atomic mass is 35.5. The van der Waals surface area contributed by atoms with Gasteiger partial charge in [0.05, 0.1) is 11.4 Å². The third-order valence-electron chi connectivity index (χ3n) is 4.31. The second kappa shape index (κ2) is 9.12. The van der Waals surface area contributed by atoms with Gasteiger partial charge in [0.1, 0.15) is 6.33 Å². The van der Waals surface area contributed by atoms with Gasteiger partial charge in [0, 0.05) is 23.9 Å². The molecule has 0 bridgehead atoms. The Morgan fingerprint density at radius 3 is 2.41 bits per heavy atom. The van der Waals surface area contributed by atoms with E-state index in [0.29, 0.717) is 11.6 Å². The zero-order valence-corrected chi connectivity index (χ0v) is 16.8. The first-order valence-corrected chi connectivity index (χ1v) is 10.6. The fraction of sp³-hybridized carbons (Fsp3) is 0.222. The molecule has 1 aromatic heterocycles. The van der Waals surface area contributed by atoms with Crippen molar-refractivity contribution in [2.24, 2.45) is 5.14 Å². The lowest BCUT2D eigenvalue weighted by atomic mass is 9.95. The molecule has 1 heterocycles. The van der Waals surface area contributed by atoms with Crippen LogP contribution in [0.15, 0.2) is 59.8 Å². The summed E-state index contributed by atoms with van der Waals surface area (Å²) in [4.78, 5) is 12.5. The SMILES string of the molecule is NS(=O)(=O)c1ccc(CNC(=O)C[C@H](Cn2cnnn2)c2ccc(Cl)cc2)cc1. The molecule has 3 rings (SSSR count). The van der Waals surface area contributed by atoms with Crippen molar-refractivity contribution in [3.63, 3.8) is 0 Å². The smallest absolute Gasteiger partial charge is 0.238 e. The van der Waals surface area contributed by atoms with Gasteiger partial charge in [0.25, 0.3) is 0 Å². The average molecular weight is 435 g/mol. The van der Waals surface area contributed by atoms with Crippen LogP contribution in [-0.4, -0.2) is 34.5 Å². The summed E-state index contributed by atoms with van der Waals surface area (Å²) in [5, 5.41) is 19.6. The first-order chi connectivity index (χ1) is 13.8. The van der Waals surface area contributed by atoms with Gasteiger partial charge in [-0.2, -0.15) is 0 Å². The summed E-state index contributed by atoms with van der Waals surface area (Å²) in [6, 6.07) is 13.3. The Bertz CT molecular complexity index is 1050. The molecule has 0 aliphatic rings. The minimum Gasteiger partial charge on any atom is -0.352 e. The topological polar surface area (TPSA) is 133 Å². The second-order valence-corrected chi connectivity index (χ2v) is 8.45. The molecule has 3 aromatic rings. The van der Waals surface area contributed by atoms with Crippen LogP contribution in [0.5, 0.6) is 0 Å². The van der Waals surface area contributed by atoms with Crippen molar-refractivity contribution in [2.75, 3.05) is 0 Å². The van der Waals surface area contributed by atoms with Crippen molar-refractivity contribution in [2.45, 2.75) is 30.3 Å². The molecule has 0 spiro atoms. The minimum absolute atomic E-state index is 0.0248. The van der Waals surface area contributed by atoms with E-state index in [1.807, 2.05) is 12.1 Å². The van der Waals surface area contributed by atoms with Gasteiger partial charge in [-0.15, -0.1) is 5.10 Å². The van der Waals surface area contributed by atoms with Gasteiger partial charge in [0.2, 0.25) is 15.9 Å². The van der Waals surface area contributed by atoms with Gasteiger partial charge >= 0.3 is 0 Å². The van der Waals surface area contributed by atoms with Crippen LogP contribution in [0.25, 0.3) is 0 Å². The van der Waals surface area contributed by atoms with Gasteiger partial charge in [-0.25, -0.2) is 18.2 Å². The highest BCUT2D eigenvalue weighted by Crippen LogP contribution is 2.23. The third-order valence-corrected chi connectivity index (χ3v) is 5.49. The molecule has 0 radical (unpaired) electrons. The Morgan fingerprint density at radius 2 is 1.83 bits per heavy atom. The summed E-state index contributed by atoms with van der Waals surface area (Å²) in [6.07, 6.45) is 1.71.